The van der Waals surface area contributed by atoms with E-state index in [2.05, 4.69) is 27.1 Å². The molecule has 20 heavy (non-hydrogen) atoms. The number of hydrogen-bond donors (Lipinski definition) is 1. The second-order valence-electron chi connectivity index (χ2n) is 4.04. The third-order valence-electron chi connectivity index (χ3n) is 2.83. The lowest BCUT2D eigenvalue weighted by atomic mass is 10.1. The van der Waals surface area contributed by atoms with Crippen molar-refractivity contribution in [3.8, 4) is 11.3 Å². The van der Waals surface area contributed by atoms with Crippen LogP contribution in [0.4, 0.5) is 0 Å². The number of nitrogens with zero attached hydrogens (tertiary/aromatic N) is 2. The fourth-order valence-corrected chi connectivity index (χ4v) is 4.54. The van der Waals surface area contributed by atoms with Gasteiger partial charge >= 0.3 is 5.97 Å². The maximum absolute atomic E-state index is 11.0. The van der Waals surface area contributed by atoms with Gasteiger partial charge in [0.25, 0.3) is 0 Å². The summed E-state index contributed by atoms with van der Waals surface area (Å²) in [5, 5.41) is 13.0. The highest BCUT2D eigenvalue weighted by Gasteiger charge is 2.15. The van der Waals surface area contributed by atoms with Crippen molar-refractivity contribution in [1.29, 1.82) is 0 Å². The predicted octanol–water partition coefficient (Wildman–Crippen LogP) is 3.99. The Hall–Kier alpha value is -0.920. The number of carboxylic acid groups (broad SMARTS) is 1. The Balaban J connectivity index is 2.58. The molecule has 0 unspecified atom stereocenters. The Labute approximate surface area is 134 Å². The SMILES string of the molecule is CSc1cc(-c2cc(C(=O)O)nn2C)cc(Br)c1SC. The van der Waals surface area contributed by atoms with E-state index in [1.165, 1.54) is 4.90 Å². The molecule has 0 spiro atoms. The molecule has 1 N–H and O–H groups in total. The van der Waals surface area contributed by atoms with Crippen molar-refractivity contribution in [2.24, 2.45) is 7.05 Å². The van der Waals surface area contributed by atoms with Crippen molar-refractivity contribution >= 4 is 45.4 Å². The molecule has 0 aliphatic carbocycles. The molecule has 0 atom stereocenters. The predicted molar refractivity (Wildman–Crippen MR) is 86.9 cm³/mol. The van der Waals surface area contributed by atoms with Gasteiger partial charge in [0.15, 0.2) is 5.69 Å². The zero-order chi connectivity index (χ0) is 14.9. The zero-order valence-electron chi connectivity index (χ0n) is 11.2. The maximum Gasteiger partial charge on any atom is 0.356 e. The smallest absolute Gasteiger partial charge is 0.356 e. The van der Waals surface area contributed by atoms with Gasteiger partial charge in [-0.25, -0.2) is 4.79 Å². The van der Waals surface area contributed by atoms with Crippen LogP contribution >= 0.6 is 39.5 Å². The van der Waals surface area contributed by atoms with Gasteiger partial charge in [-0.1, -0.05) is 0 Å². The molecule has 0 radical (unpaired) electrons. The first-order chi connectivity index (χ1) is 9.47. The van der Waals surface area contributed by atoms with E-state index in [9.17, 15) is 4.79 Å². The molecule has 0 bridgehead atoms. The van der Waals surface area contributed by atoms with Crippen molar-refractivity contribution < 1.29 is 9.90 Å². The Bertz CT molecular complexity index is 671. The van der Waals surface area contributed by atoms with Gasteiger partial charge in [-0.2, -0.15) is 5.10 Å². The van der Waals surface area contributed by atoms with Crippen molar-refractivity contribution in [3.63, 3.8) is 0 Å². The van der Waals surface area contributed by atoms with Crippen molar-refractivity contribution in [3.05, 3.63) is 28.4 Å². The highest BCUT2D eigenvalue weighted by atomic mass is 79.9. The Morgan fingerprint density at radius 2 is 2.00 bits per heavy atom. The number of rotatable bonds is 4. The maximum atomic E-state index is 11.0. The fourth-order valence-electron chi connectivity index (χ4n) is 1.91. The van der Waals surface area contributed by atoms with E-state index < -0.39 is 5.97 Å². The minimum atomic E-state index is -1.02. The number of thioether (sulfide) groups is 2. The molecule has 7 heteroatoms. The summed E-state index contributed by atoms with van der Waals surface area (Å²) in [6.07, 6.45) is 4.06. The lowest BCUT2D eigenvalue weighted by Gasteiger charge is -2.11. The average molecular weight is 373 g/mol. The number of aromatic carboxylic acids is 1. The first kappa shape index (κ1) is 15.5. The lowest BCUT2D eigenvalue weighted by Crippen LogP contribution is -1.99. The molecular weight excluding hydrogens is 360 g/mol. The molecule has 0 fully saturated rings. The fraction of sp³-hybridized carbons (Fsp3) is 0.231. The summed E-state index contributed by atoms with van der Waals surface area (Å²) in [4.78, 5) is 13.3. The van der Waals surface area contributed by atoms with Crippen LogP contribution in [0.25, 0.3) is 11.3 Å². The standard InChI is InChI=1S/C13H13BrN2O2S2/c1-16-10(6-9(15-16)13(17)18)7-4-8(14)12(20-3)11(5-7)19-2/h4-6H,1-3H3,(H,17,18). The Kier molecular flexibility index (Phi) is 4.82. The average Bonchev–Trinajstić information content (AvgIpc) is 2.80. The van der Waals surface area contributed by atoms with Crippen LogP contribution in [-0.4, -0.2) is 33.4 Å². The van der Waals surface area contributed by atoms with Gasteiger partial charge in [-0.3, -0.25) is 4.68 Å². The first-order valence-electron chi connectivity index (χ1n) is 5.67. The minimum absolute atomic E-state index is 0.0540. The van der Waals surface area contributed by atoms with Crippen LogP contribution in [0.1, 0.15) is 10.5 Å². The second kappa shape index (κ2) is 6.24. The summed E-state index contributed by atoms with van der Waals surface area (Å²) < 4.78 is 2.60. The van der Waals surface area contributed by atoms with E-state index in [0.29, 0.717) is 0 Å². The molecule has 0 aliphatic rings. The van der Waals surface area contributed by atoms with Gasteiger partial charge in [0.2, 0.25) is 0 Å². The number of aryl methyl sites for hydroxylation is 1. The van der Waals surface area contributed by atoms with Gasteiger partial charge in [0, 0.05) is 26.9 Å². The summed E-state index contributed by atoms with van der Waals surface area (Å²) in [6, 6.07) is 5.64. The number of aromatic nitrogens is 2. The van der Waals surface area contributed by atoms with Crippen LogP contribution in [0.3, 0.4) is 0 Å². The summed E-state index contributed by atoms with van der Waals surface area (Å²) >= 11 is 6.92. The van der Waals surface area contributed by atoms with Crippen molar-refractivity contribution in [2.45, 2.75) is 9.79 Å². The van der Waals surface area contributed by atoms with E-state index in [0.717, 1.165) is 20.6 Å². The van der Waals surface area contributed by atoms with Gasteiger partial charge in [-0.05, 0) is 46.6 Å². The number of halogens is 1. The largest absolute Gasteiger partial charge is 0.476 e. The van der Waals surface area contributed by atoms with Gasteiger partial charge in [0.05, 0.1) is 5.69 Å². The molecular formula is C13H13BrN2O2S2. The molecule has 0 amide bonds. The van der Waals surface area contributed by atoms with Crippen LogP contribution in [0.2, 0.25) is 0 Å². The van der Waals surface area contributed by atoms with Crippen LogP contribution in [0, 0.1) is 0 Å². The molecule has 2 aromatic rings. The van der Waals surface area contributed by atoms with Gasteiger partial charge in [0.1, 0.15) is 0 Å². The summed E-state index contributed by atoms with van der Waals surface area (Å²) in [5.74, 6) is -1.02. The molecule has 0 aliphatic heterocycles. The van der Waals surface area contributed by atoms with Crippen molar-refractivity contribution in [2.75, 3.05) is 12.5 Å². The molecule has 1 heterocycles. The van der Waals surface area contributed by atoms with E-state index in [1.54, 1.807) is 41.3 Å². The highest BCUT2D eigenvalue weighted by molar-refractivity contribution is 9.10. The van der Waals surface area contributed by atoms with E-state index in [1.807, 2.05) is 18.6 Å². The Morgan fingerprint density at radius 1 is 1.30 bits per heavy atom. The Morgan fingerprint density at radius 3 is 2.50 bits per heavy atom. The van der Waals surface area contributed by atoms with Crippen LogP contribution < -0.4 is 0 Å². The summed E-state index contributed by atoms with van der Waals surface area (Å²) in [7, 11) is 1.75. The van der Waals surface area contributed by atoms with Crippen LogP contribution in [0.5, 0.6) is 0 Å². The van der Waals surface area contributed by atoms with Gasteiger partial charge < -0.3 is 5.11 Å². The van der Waals surface area contributed by atoms with Gasteiger partial charge in [-0.15, -0.1) is 23.5 Å². The first-order valence-corrected chi connectivity index (χ1v) is 8.91. The number of hydrogen-bond acceptors (Lipinski definition) is 4. The molecule has 0 saturated heterocycles. The third kappa shape index (κ3) is 2.89. The van der Waals surface area contributed by atoms with Crippen LogP contribution in [-0.2, 0) is 7.05 Å². The normalized spacial score (nSPS) is 10.8. The third-order valence-corrected chi connectivity index (χ3v) is 5.46. The van der Waals surface area contributed by atoms with E-state index in [4.69, 9.17) is 5.11 Å². The molecule has 0 saturated carbocycles. The molecule has 4 nitrogen and oxygen atoms in total. The second-order valence-corrected chi connectivity index (χ2v) is 6.56. The molecule has 2 rings (SSSR count). The van der Waals surface area contributed by atoms with Crippen LogP contribution in [0.15, 0.2) is 32.5 Å². The highest BCUT2D eigenvalue weighted by Crippen LogP contribution is 2.38. The zero-order valence-corrected chi connectivity index (χ0v) is 14.4. The molecule has 1 aromatic carbocycles. The number of carbonyl (C=O) groups is 1. The minimum Gasteiger partial charge on any atom is -0.476 e. The summed E-state index contributed by atoms with van der Waals surface area (Å²) in [6.45, 7) is 0. The number of carboxylic acids is 1. The van der Waals surface area contributed by atoms with E-state index >= 15 is 0 Å². The van der Waals surface area contributed by atoms with Crippen molar-refractivity contribution in [1.82, 2.24) is 9.78 Å². The quantitative estimate of drug-likeness (QED) is 0.822. The molecule has 1 aromatic heterocycles. The lowest BCUT2D eigenvalue weighted by molar-refractivity contribution is 0.0689. The van der Waals surface area contributed by atoms with E-state index in [-0.39, 0.29) is 5.69 Å². The number of benzene rings is 1. The molecule has 106 valence electrons. The summed E-state index contributed by atoms with van der Waals surface area (Å²) in [5.41, 5.74) is 1.78. The topological polar surface area (TPSA) is 55.1 Å². The monoisotopic (exact) mass is 372 g/mol.